The molecule has 10 heteroatoms. The highest BCUT2D eigenvalue weighted by Gasteiger charge is 2.23. The molecule has 8 nitrogen and oxygen atoms in total. The van der Waals surface area contributed by atoms with Crippen molar-refractivity contribution in [1.29, 1.82) is 0 Å². The first-order chi connectivity index (χ1) is 13.1. The highest BCUT2D eigenvalue weighted by molar-refractivity contribution is 7.89. The topological polar surface area (TPSA) is 95.1 Å². The highest BCUT2D eigenvalue weighted by atomic mass is 32.2. The quantitative estimate of drug-likeness (QED) is 0.293. The van der Waals surface area contributed by atoms with Gasteiger partial charge in [0.25, 0.3) is 0 Å². The first kappa shape index (κ1) is 22.1. The summed E-state index contributed by atoms with van der Waals surface area (Å²) in [6, 6.07) is 4.53. The Labute approximate surface area is 166 Å². The lowest BCUT2D eigenvalue weighted by molar-refractivity contribution is 0.0177. The van der Waals surface area contributed by atoms with E-state index in [9.17, 15) is 8.42 Å². The lowest BCUT2D eigenvalue weighted by Gasteiger charge is -2.34. The Morgan fingerprint density at radius 1 is 1.33 bits per heavy atom. The summed E-state index contributed by atoms with van der Waals surface area (Å²) in [6.07, 6.45) is 0.692. The lowest BCUT2D eigenvalue weighted by Crippen LogP contribution is -2.46. The van der Waals surface area contributed by atoms with E-state index in [2.05, 4.69) is 42.8 Å². The van der Waals surface area contributed by atoms with Gasteiger partial charge in [-0.25, -0.2) is 13.1 Å². The number of rotatable bonds is 10. The molecule has 2 heterocycles. The van der Waals surface area contributed by atoms with Gasteiger partial charge in [-0.1, -0.05) is 6.07 Å². The van der Waals surface area contributed by atoms with Crippen LogP contribution in [-0.4, -0.2) is 78.0 Å². The summed E-state index contributed by atoms with van der Waals surface area (Å²) in [4.78, 5) is 8.03. The van der Waals surface area contributed by atoms with E-state index in [1.165, 1.54) is 4.88 Å². The number of morpholine rings is 1. The second-order valence-electron chi connectivity index (χ2n) is 6.21. The molecule has 1 aliphatic rings. The van der Waals surface area contributed by atoms with Crippen molar-refractivity contribution in [2.75, 3.05) is 58.7 Å². The Balaban J connectivity index is 1.78. The van der Waals surface area contributed by atoms with Crippen LogP contribution in [0.1, 0.15) is 24.3 Å². The molecule has 0 bridgehead atoms. The van der Waals surface area contributed by atoms with Gasteiger partial charge in [-0.3, -0.25) is 9.89 Å². The molecule has 2 rings (SSSR count). The van der Waals surface area contributed by atoms with Crippen LogP contribution in [0.4, 0.5) is 0 Å². The van der Waals surface area contributed by atoms with E-state index in [4.69, 9.17) is 4.74 Å². The van der Waals surface area contributed by atoms with Gasteiger partial charge >= 0.3 is 0 Å². The van der Waals surface area contributed by atoms with Gasteiger partial charge in [0.15, 0.2) is 5.96 Å². The third-order valence-corrected chi connectivity index (χ3v) is 6.77. The fraction of sp³-hybridized carbons (Fsp3) is 0.706. The van der Waals surface area contributed by atoms with Crippen molar-refractivity contribution in [1.82, 2.24) is 20.3 Å². The fourth-order valence-electron chi connectivity index (χ4n) is 2.82. The van der Waals surface area contributed by atoms with Crippen LogP contribution in [-0.2, 0) is 14.8 Å². The maximum absolute atomic E-state index is 11.4. The van der Waals surface area contributed by atoms with Crippen LogP contribution in [0, 0.1) is 0 Å². The Morgan fingerprint density at radius 2 is 2.11 bits per heavy atom. The molecule has 1 aromatic rings. The van der Waals surface area contributed by atoms with Crippen LogP contribution in [0.5, 0.6) is 0 Å². The van der Waals surface area contributed by atoms with Crippen molar-refractivity contribution < 1.29 is 13.2 Å². The van der Waals surface area contributed by atoms with Gasteiger partial charge in [-0.05, 0) is 24.8 Å². The van der Waals surface area contributed by atoms with Crippen LogP contribution in [0.25, 0.3) is 0 Å². The molecule has 0 amide bonds. The average Bonchev–Trinajstić information content (AvgIpc) is 3.21. The smallest absolute Gasteiger partial charge is 0.211 e. The zero-order valence-electron chi connectivity index (χ0n) is 16.1. The van der Waals surface area contributed by atoms with Crippen molar-refractivity contribution in [3.8, 4) is 0 Å². The van der Waals surface area contributed by atoms with E-state index >= 15 is 0 Å². The highest BCUT2D eigenvalue weighted by Crippen LogP contribution is 2.25. The van der Waals surface area contributed by atoms with Gasteiger partial charge in [0, 0.05) is 44.6 Å². The Bertz CT molecular complexity index is 658. The average molecular weight is 418 g/mol. The standard InChI is InChI=1S/C17H31N5O3S2/c1-3-27(23,24)21-8-5-7-19-17(18-2)20-14-15(16-6-4-13-26-16)22-9-11-25-12-10-22/h4,6,13,15,21H,3,5,7-12,14H2,1-2H3,(H2,18,19,20). The van der Waals surface area contributed by atoms with E-state index in [1.54, 1.807) is 25.3 Å². The summed E-state index contributed by atoms with van der Waals surface area (Å²) in [5.41, 5.74) is 0. The molecule has 0 aliphatic carbocycles. The monoisotopic (exact) mass is 417 g/mol. The number of nitrogens with one attached hydrogen (secondary N) is 3. The lowest BCUT2D eigenvalue weighted by atomic mass is 10.2. The van der Waals surface area contributed by atoms with E-state index in [1.807, 2.05) is 0 Å². The van der Waals surface area contributed by atoms with Crippen molar-refractivity contribution >= 4 is 27.3 Å². The third kappa shape index (κ3) is 7.74. The summed E-state index contributed by atoms with van der Waals surface area (Å²) >= 11 is 1.76. The number of hydrogen-bond donors (Lipinski definition) is 3. The number of guanidine groups is 1. The first-order valence-electron chi connectivity index (χ1n) is 9.32. The number of hydrogen-bond acceptors (Lipinski definition) is 6. The van der Waals surface area contributed by atoms with E-state index in [0.717, 1.165) is 38.8 Å². The van der Waals surface area contributed by atoms with Gasteiger partial charge in [0.1, 0.15) is 0 Å². The molecule has 1 unspecified atom stereocenters. The second kappa shape index (κ2) is 11.6. The molecular formula is C17H31N5O3S2. The molecule has 0 radical (unpaired) electrons. The van der Waals surface area contributed by atoms with Gasteiger partial charge in [0.05, 0.1) is 25.0 Å². The van der Waals surface area contributed by atoms with Crippen molar-refractivity contribution in [3.63, 3.8) is 0 Å². The Hall–Kier alpha value is -1.20. The minimum atomic E-state index is -3.12. The molecule has 0 aromatic carbocycles. The number of nitrogens with zero attached hydrogens (tertiary/aromatic N) is 2. The zero-order chi connectivity index (χ0) is 19.5. The Morgan fingerprint density at radius 3 is 2.74 bits per heavy atom. The molecule has 1 aliphatic heterocycles. The van der Waals surface area contributed by atoms with E-state index < -0.39 is 10.0 Å². The van der Waals surface area contributed by atoms with Crippen molar-refractivity contribution in [3.05, 3.63) is 22.4 Å². The predicted octanol–water partition coefficient (Wildman–Crippen LogP) is 0.616. The minimum Gasteiger partial charge on any atom is -0.379 e. The molecular weight excluding hydrogens is 386 g/mol. The van der Waals surface area contributed by atoms with Gasteiger partial charge < -0.3 is 15.4 Å². The molecule has 1 aromatic heterocycles. The molecule has 1 atom stereocenters. The summed E-state index contributed by atoms with van der Waals surface area (Å²) in [5, 5.41) is 8.74. The summed E-state index contributed by atoms with van der Waals surface area (Å²) < 4.78 is 30.9. The third-order valence-electron chi connectivity index (χ3n) is 4.39. The second-order valence-corrected chi connectivity index (χ2v) is 9.29. The fourth-order valence-corrected chi connectivity index (χ4v) is 4.34. The van der Waals surface area contributed by atoms with Crippen LogP contribution < -0.4 is 15.4 Å². The molecule has 1 fully saturated rings. The molecule has 1 saturated heterocycles. The normalized spacial score (nSPS) is 17.6. The van der Waals surface area contributed by atoms with Crippen LogP contribution in [0.2, 0.25) is 0 Å². The van der Waals surface area contributed by atoms with Gasteiger partial charge in [-0.15, -0.1) is 11.3 Å². The first-order valence-corrected chi connectivity index (χ1v) is 11.9. The Kier molecular flexibility index (Phi) is 9.49. The minimum absolute atomic E-state index is 0.106. The summed E-state index contributed by atoms with van der Waals surface area (Å²) in [5.74, 6) is 0.832. The molecule has 0 saturated carbocycles. The summed E-state index contributed by atoms with van der Waals surface area (Å²) in [6.45, 7) is 6.83. The molecule has 154 valence electrons. The van der Waals surface area contributed by atoms with Crippen LogP contribution >= 0.6 is 11.3 Å². The zero-order valence-corrected chi connectivity index (χ0v) is 17.7. The van der Waals surface area contributed by atoms with E-state index in [0.29, 0.717) is 19.5 Å². The summed E-state index contributed by atoms with van der Waals surface area (Å²) in [7, 11) is -1.38. The van der Waals surface area contributed by atoms with Crippen molar-refractivity contribution in [2.45, 2.75) is 19.4 Å². The molecule has 3 N–H and O–H groups in total. The predicted molar refractivity (Wildman–Crippen MR) is 111 cm³/mol. The number of sulfonamides is 1. The van der Waals surface area contributed by atoms with Crippen LogP contribution in [0.15, 0.2) is 22.5 Å². The van der Waals surface area contributed by atoms with Crippen molar-refractivity contribution in [2.24, 2.45) is 4.99 Å². The number of ether oxygens (including phenoxy) is 1. The SMILES string of the molecule is CCS(=O)(=O)NCCCNC(=NC)NCC(c1cccs1)N1CCOCC1. The maximum atomic E-state index is 11.4. The maximum Gasteiger partial charge on any atom is 0.211 e. The number of thiophene rings is 1. The van der Waals surface area contributed by atoms with Crippen LogP contribution in [0.3, 0.4) is 0 Å². The largest absolute Gasteiger partial charge is 0.379 e. The van der Waals surface area contributed by atoms with Gasteiger partial charge in [0.2, 0.25) is 10.0 Å². The van der Waals surface area contributed by atoms with E-state index in [-0.39, 0.29) is 11.8 Å². The van der Waals surface area contributed by atoms with Gasteiger partial charge in [-0.2, -0.15) is 0 Å². The number of aliphatic imine (C=N–C) groups is 1. The molecule has 27 heavy (non-hydrogen) atoms. The molecule has 0 spiro atoms.